The summed E-state index contributed by atoms with van der Waals surface area (Å²) in [7, 11) is 0. The molecule has 5 unspecified atom stereocenters. The molecule has 0 aromatic carbocycles. The van der Waals surface area contributed by atoms with Crippen molar-refractivity contribution in [2.45, 2.75) is 108 Å². The Kier molecular flexibility index (Phi) is 6.87. The predicted octanol–water partition coefficient (Wildman–Crippen LogP) is 1.62. The zero-order valence-corrected chi connectivity index (χ0v) is 17.0. The quantitative estimate of drug-likeness (QED) is 0.573. The first-order chi connectivity index (χ1) is 12.7. The standard InChI is InChI=1S/C21H38O6/c1-12-5-4-6-14(7-12)26-15-8-13(21(2,3)10-15)9-16-18(23)20(25)19(24)17(11-22)27-16/h12-20,22-25H,4-11H2,1-3H3/t12?,13?,14?,15?,16?,17-,18+,19+,20-/m1/s1. The van der Waals surface area contributed by atoms with Gasteiger partial charge in [0.1, 0.15) is 24.4 Å². The highest BCUT2D eigenvalue weighted by Gasteiger charge is 2.48. The number of aliphatic hydroxyl groups is 4. The van der Waals surface area contributed by atoms with Crippen molar-refractivity contribution in [1.29, 1.82) is 0 Å². The molecule has 3 fully saturated rings. The van der Waals surface area contributed by atoms with Crippen molar-refractivity contribution in [2.24, 2.45) is 17.3 Å². The van der Waals surface area contributed by atoms with Crippen molar-refractivity contribution < 1.29 is 29.9 Å². The molecule has 0 spiro atoms. The Hall–Kier alpha value is -0.240. The van der Waals surface area contributed by atoms with E-state index in [2.05, 4.69) is 20.8 Å². The first kappa shape index (κ1) is 21.5. The van der Waals surface area contributed by atoms with Crippen LogP contribution in [0.4, 0.5) is 0 Å². The Bertz CT molecular complexity index is 481. The molecule has 4 N–H and O–H groups in total. The van der Waals surface area contributed by atoms with Gasteiger partial charge in [0.2, 0.25) is 0 Å². The van der Waals surface area contributed by atoms with E-state index < -0.39 is 30.5 Å². The zero-order valence-electron chi connectivity index (χ0n) is 17.0. The molecule has 2 aliphatic carbocycles. The number of hydrogen-bond acceptors (Lipinski definition) is 6. The van der Waals surface area contributed by atoms with Gasteiger partial charge in [0.25, 0.3) is 0 Å². The van der Waals surface area contributed by atoms with E-state index >= 15 is 0 Å². The van der Waals surface area contributed by atoms with Gasteiger partial charge in [-0.2, -0.15) is 0 Å². The summed E-state index contributed by atoms with van der Waals surface area (Å²) < 4.78 is 12.2. The second-order valence-corrected chi connectivity index (χ2v) is 9.88. The minimum Gasteiger partial charge on any atom is -0.394 e. The molecule has 3 aliphatic rings. The SMILES string of the molecule is CC1CCCC(OC2CC(CC3O[C@H](CO)[C@H](O)[C@H](O)[C@H]3O)C(C)(C)C2)C1. The lowest BCUT2D eigenvalue weighted by molar-refractivity contribution is -0.233. The molecule has 0 radical (unpaired) electrons. The van der Waals surface area contributed by atoms with Crippen LogP contribution in [0.2, 0.25) is 0 Å². The molecule has 1 heterocycles. The normalized spacial score (nSPS) is 47.9. The molecule has 0 aromatic rings. The molecule has 3 rings (SSSR count). The molecule has 6 heteroatoms. The van der Waals surface area contributed by atoms with Gasteiger partial charge in [-0.05, 0) is 49.4 Å². The molecule has 27 heavy (non-hydrogen) atoms. The monoisotopic (exact) mass is 386 g/mol. The van der Waals surface area contributed by atoms with E-state index in [4.69, 9.17) is 9.47 Å². The molecule has 0 amide bonds. The second kappa shape index (κ2) is 8.64. The fourth-order valence-electron chi connectivity index (χ4n) is 5.42. The highest BCUT2D eigenvalue weighted by Crippen LogP contribution is 2.48. The Morgan fingerprint density at radius 2 is 1.67 bits per heavy atom. The minimum absolute atomic E-state index is 0.0593. The topological polar surface area (TPSA) is 99.4 Å². The van der Waals surface area contributed by atoms with E-state index in [1.165, 1.54) is 12.8 Å². The van der Waals surface area contributed by atoms with Crippen molar-refractivity contribution in [3.05, 3.63) is 0 Å². The molecular weight excluding hydrogens is 348 g/mol. The Balaban J connectivity index is 1.59. The summed E-state index contributed by atoms with van der Waals surface area (Å²) in [5, 5.41) is 39.8. The van der Waals surface area contributed by atoms with Gasteiger partial charge in [0.15, 0.2) is 0 Å². The van der Waals surface area contributed by atoms with Crippen LogP contribution in [0.3, 0.4) is 0 Å². The number of rotatable bonds is 5. The first-order valence-corrected chi connectivity index (χ1v) is 10.7. The van der Waals surface area contributed by atoms with Crippen LogP contribution in [0.25, 0.3) is 0 Å². The zero-order chi connectivity index (χ0) is 19.8. The first-order valence-electron chi connectivity index (χ1n) is 10.7. The lowest BCUT2D eigenvalue weighted by atomic mass is 9.77. The van der Waals surface area contributed by atoms with E-state index in [9.17, 15) is 20.4 Å². The predicted molar refractivity (Wildman–Crippen MR) is 101 cm³/mol. The summed E-state index contributed by atoms with van der Waals surface area (Å²) >= 11 is 0. The van der Waals surface area contributed by atoms with Crippen LogP contribution < -0.4 is 0 Å². The van der Waals surface area contributed by atoms with Crippen molar-refractivity contribution >= 4 is 0 Å². The fourth-order valence-corrected chi connectivity index (χ4v) is 5.42. The van der Waals surface area contributed by atoms with Crippen LogP contribution in [0.1, 0.15) is 65.7 Å². The molecule has 1 saturated heterocycles. The molecule has 9 atom stereocenters. The Labute approximate surface area is 162 Å². The third-order valence-corrected chi connectivity index (χ3v) is 7.19. The molecule has 1 aliphatic heterocycles. The Morgan fingerprint density at radius 3 is 2.33 bits per heavy atom. The number of ether oxygens (including phenoxy) is 2. The van der Waals surface area contributed by atoms with Crippen molar-refractivity contribution in [3.8, 4) is 0 Å². The van der Waals surface area contributed by atoms with Gasteiger partial charge in [0.05, 0.1) is 24.9 Å². The van der Waals surface area contributed by atoms with Crippen LogP contribution in [-0.2, 0) is 9.47 Å². The summed E-state index contributed by atoms with van der Waals surface area (Å²) in [5.74, 6) is 1.04. The molecule has 2 saturated carbocycles. The maximum absolute atomic E-state index is 10.4. The summed E-state index contributed by atoms with van der Waals surface area (Å²) in [4.78, 5) is 0. The lowest BCUT2D eigenvalue weighted by Crippen LogP contribution is -2.58. The largest absolute Gasteiger partial charge is 0.394 e. The second-order valence-electron chi connectivity index (χ2n) is 9.88. The van der Waals surface area contributed by atoms with E-state index in [1.807, 2.05) is 0 Å². The highest BCUT2D eigenvalue weighted by molar-refractivity contribution is 4.97. The minimum atomic E-state index is -1.29. The summed E-state index contributed by atoms with van der Waals surface area (Å²) in [6, 6.07) is 0. The van der Waals surface area contributed by atoms with Gasteiger partial charge < -0.3 is 29.9 Å². The van der Waals surface area contributed by atoms with Gasteiger partial charge in [-0.15, -0.1) is 0 Å². The van der Waals surface area contributed by atoms with Crippen LogP contribution in [0, 0.1) is 17.3 Å². The third kappa shape index (κ3) is 4.85. The van der Waals surface area contributed by atoms with Crippen molar-refractivity contribution in [2.75, 3.05) is 6.61 Å². The van der Waals surface area contributed by atoms with Gasteiger partial charge in [-0.3, -0.25) is 0 Å². The molecular formula is C21H38O6. The maximum Gasteiger partial charge on any atom is 0.111 e. The fraction of sp³-hybridized carbons (Fsp3) is 1.00. The van der Waals surface area contributed by atoms with Crippen molar-refractivity contribution in [1.82, 2.24) is 0 Å². The van der Waals surface area contributed by atoms with E-state index in [1.54, 1.807) is 0 Å². The number of hydrogen-bond donors (Lipinski definition) is 4. The van der Waals surface area contributed by atoms with Gasteiger partial charge in [-0.25, -0.2) is 0 Å². The van der Waals surface area contributed by atoms with Gasteiger partial charge in [0, 0.05) is 0 Å². The van der Waals surface area contributed by atoms with E-state index in [0.717, 1.165) is 31.6 Å². The van der Waals surface area contributed by atoms with E-state index in [-0.39, 0.29) is 18.1 Å². The lowest BCUT2D eigenvalue weighted by Gasteiger charge is -2.42. The highest BCUT2D eigenvalue weighted by atomic mass is 16.5. The summed E-state index contributed by atoms with van der Waals surface area (Å²) in [5.41, 5.74) is 0.0593. The van der Waals surface area contributed by atoms with Crippen molar-refractivity contribution in [3.63, 3.8) is 0 Å². The van der Waals surface area contributed by atoms with E-state index in [0.29, 0.717) is 18.4 Å². The van der Waals surface area contributed by atoms with Crippen LogP contribution in [-0.4, -0.2) is 69.8 Å². The van der Waals surface area contributed by atoms with Gasteiger partial charge in [-0.1, -0.05) is 33.6 Å². The molecule has 6 nitrogen and oxygen atoms in total. The van der Waals surface area contributed by atoms with Crippen LogP contribution >= 0.6 is 0 Å². The summed E-state index contributed by atoms with van der Waals surface area (Å²) in [6.07, 6.45) is 2.81. The molecule has 0 aromatic heterocycles. The maximum atomic E-state index is 10.4. The average molecular weight is 387 g/mol. The van der Waals surface area contributed by atoms with Gasteiger partial charge >= 0.3 is 0 Å². The molecule has 0 bridgehead atoms. The molecule has 158 valence electrons. The Morgan fingerprint density at radius 1 is 0.963 bits per heavy atom. The average Bonchev–Trinajstić information content (AvgIpc) is 2.88. The van der Waals surface area contributed by atoms with Crippen LogP contribution in [0.5, 0.6) is 0 Å². The third-order valence-electron chi connectivity index (χ3n) is 7.19. The van der Waals surface area contributed by atoms with Crippen LogP contribution in [0.15, 0.2) is 0 Å². The smallest absolute Gasteiger partial charge is 0.111 e. The number of aliphatic hydroxyl groups excluding tert-OH is 4. The summed E-state index contributed by atoms with van der Waals surface area (Å²) in [6.45, 7) is 6.39.